The zero-order valence-corrected chi connectivity index (χ0v) is 7.97. The minimum atomic E-state index is -0.0266. The van der Waals surface area contributed by atoms with Crippen LogP contribution in [0.25, 0.3) is 0 Å². The Balaban J connectivity index is 1.91. The monoisotopic (exact) mass is 197 g/mol. The first-order valence-corrected chi connectivity index (χ1v) is 5.42. The first-order chi connectivity index (χ1) is 6.36. The number of furan rings is 1. The van der Waals surface area contributed by atoms with Crippen LogP contribution in [-0.2, 0) is 0 Å². The third kappa shape index (κ3) is 2.06. The van der Waals surface area contributed by atoms with E-state index in [1.54, 1.807) is 6.07 Å². The predicted molar refractivity (Wildman–Crippen MR) is 51.9 cm³/mol. The van der Waals surface area contributed by atoms with Crippen LogP contribution in [0.4, 0.5) is 0 Å². The van der Waals surface area contributed by atoms with Gasteiger partial charge < -0.3 is 9.73 Å². The van der Waals surface area contributed by atoms with Crippen LogP contribution in [-0.4, -0.2) is 23.5 Å². The molecule has 0 aromatic carbocycles. The molecular weight excluding hydrogens is 186 g/mol. The molecule has 1 atom stereocenters. The molecule has 0 saturated carbocycles. The highest BCUT2D eigenvalue weighted by atomic mass is 32.2. The van der Waals surface area contributed by atoms with Crippen LogP contribution in [0.3, 0.4) is 0 Å². The van der Waals surface area contributed by atoms with Gasteiger partial charge in [0.1, 0.15) is 6.26 Å². The number of hydrogen-bond acceptors (Lipinski definition) is 3. The number of hydrogen-bond donors (Lipinski definition) is 1. The molecule has 1 unspecified atom stereocenters. The van der Waals surface area contributed by atoms with Crippen LogP contribution in [0.1, 0.15) is 16.8 Å². The van der Waals surface area contributed by atoms with Crippen molar-refractivity contribution >= 4 is 17.7 Å². The third-order valence-electron chi connectivity index (χ3n) is 2.05. The van der Waals surface area contributed by atoms with E-state index >= 15 is 0 Å². The molecule has 2 rings (SSSR count). The normalized spacial score (nSPS) is 21.7. The first kappa shape index (κ1) is 8.69. The number of nitrogens with one attached hydrogen (secondary N) is 1. The van der Waals surface area contributed by atoms with Gasteiger partial charge >= 0.3 is 0 Å². The summed E-state index contributed by atoms with van der Waals surface area (Å²) in [7, 11) is 0. The van der Waals surface area contributed by atoms with E-state index in [-0.39, 0.29) is 5.91 Å². The van der Waals surface area contributed by atoms with E-state index in [0.29, 0.717) is 11.6 Å². The molecule has 1 aliphatic heterocycles. The Morgan fingerprint density at radius 3 is 3.23 bits per heavy atom. The lowest BCUT2D eigenvalue weighted by Gasteiger charge is -2.09. The molecule has 0 bridgehead atoms. The Bertz CT molecular complexity index is 278. The van der Waals surface area contributed by atoms with Gasteiger partial charge in [-0.1, -0.05) is 0 Å². The molecule has 70 valence electrons. The van der Waals surface area contributed by atoms with Gasteiger partial charge in [-0.3, -0.25) is 4.79 Å². The summed E-state index contributed by atoms with van der Waals surface area (Å²) in [6, 6.07) is 2.02. The second-order valence-corrected chi connectivity index (χ2v) is 4.20. The van der Waals surface area contributed by atoms with Crippen molar-refractivity contribution in [2.24, 2.45) is 0 Å². The second kappa shape index (κ2) is 3.87. The van der Waals surface area contributed by atoms with Crippen LogP contribution >= 0.6 is 11.8 Å². The van der Waals surface area contributed by atoms with Crippen molar-refractivity contribution in [2.45, 2.75) is 12.5 Å². The minimum Gasteiger partial charge on any atom is -0.472 e. The Morgan fingerprint density at radius 1 is 1.69 bits per heavy atom. The van der Waals surface area contributed by atoms with Crippen molar-refractivity contribution in [3.8, 4) is 0 Å². The highest BCUT2D eigenvalue weighted by Crippen LogP contribution is 2.17. The van der Waals surface area contributed by atoms with Crippen LogP contribution in [0.2, 0.25) is 0 Å². The summed E-state index contributed by atoms with van der Waals surface area (Å²) in [4.78, 5) is 11.5. The van der Waals surface area contributed by atoms with E-state index in [1.807, 2.05) is 11.8 Å². The van der Waals surface area contributed by atoms with E-state index in [4.69, 9.17) is 4.42 Å². The van der Waals surface area contributed by atoms with Crippen molar-refractivity contribution in [3.63, 3.8) is 0 Å². The lowest BCUT2D eigenvalue weighted by atomic mass is 10.2. The highest BCUT2D eigenvalue weighted by Gasteiger charge is 2.18. The van der Waals surface area contributed by atoms with E-state index in [1.165, 1.54) is 12.5 Å². The van der Waals surface area contributed by atoms with Gasteiger partial charge in [0.05, 0.1) is 11.8 Å². The number of carbonyl (C=O) groups is 1. The SMILES string of the molecule is O=C(NC1CCSC1)c1ccoc1. The highest BCUT2D eigenvalue weighted by molar-refractivity contribution is 7.99. The number of thioether (sulfide) groups is 1. The molecule has 1 fully saturated rings. The van der Waals surface area contributed by atoms with Crippen molar-refractivity contribution in [1.29, 1.82) is 0 Å². The average Bonchev–Trinajstić information content (AvgIpc) is 2.74. The largest absolute Gasteiger partial charge is 0.472 e. The number of carbonyl (C=O) groups excluding carboxylic acids is 1. The Kier molecular flexibility index (Phi) is 2.59. The molecule has 0 spiro atoms. The van der Waals surface area contributed by atoms with E-state index in [9.17, 15) is 4.79 Å². The maximum Gasteiger partial charge on any atom is 0.254 e. The van der Waals surface area contributed by atoms with Gasteiger partial charge in [-0.15, -0.1) is 0 Å². The molecule has 1 amide bonds. The zero-order valence-electron chi connectivity index (χ0n) is 7.16. The van der Waals surface area contributed by atoms with Gasteiger partial charge in [-0.2, -0.15) is 11.8 Å². The quantitative estimate of drug-likeness (QED) is 0.781. The summed E-state index contributed by atoms with van der Waals surface area (Å²) in [5.74, 6) is 2.15. The molecule has 1 aliphatic rings. The second-order valence-electron chi connectivity index (χ2n) is 3.05. The Labute approximate surface area is 80.9 Å². The summed E-state index contributed by atoms with van der Waals surface area (Å²) < 4.78 is 4.83. The lowest BCUT2D eigenvalue weighted by Crippen LogP contribution is -2.34. The smallest absolute Gasteiger partial charge is 0.254 e. The van der Waals surface area contributed by atoms with Gasteiger partial charge in [0.15, 0.2) is 0 Å². The molecule has 1 N–H and O–H groups in total. The number of amides is 1. The standard InChI is InChI=1S/C9H11NO2S/c11-9(7-1-3-12-5-7)10-8-2-4-13-6-8/h1,3,5,8H,2,4,6H2,(H,10,11). The fourth-order valence-corrected chi connectivity index (χ4v) is 2.46. The van der Waals surface area contributed by atoms with Crippen LogP contribution in [0.15, 0.2) is 23.0 Å². The summed E-state index contributed by atoms with van der Waals surface area (Å²) in [5.41, 5.74) is 0.608. The number of rotatable bonds is 2. The maximum absolute atomic E-state index is 11.5. The van der Waals surface area contributed by atoms with Gasteiger partial charge in [0.2, 0.25) is 0 Å². The van der Waals surface area contributed by atoms with Crippen LogP contribution < -0.4 is 5.32 Å². The van der Waals surface area contributed by atoms with Crippen molar-refractivity contribution in [3.05, 3.63) is 24.2 Å². The van der Waals surface area contributed by atoms with Gasteiger partial charge in [-0.25, -0.2) is 0 Å². The molecule has 0 radical (unpaired) electrons. The van der Waals surface area contributed by atoms with Gasteiger partial charge in [0.25, 0.3) is 5.91 Å². The third-order valence-corrected chi connectivity index (χ3v) is 3.21. The minimum absolute atomic E-state index is 0.0266. The molecule has 3 nitrogen and oxygen atoms in total. The summed E-state index contributed by atoms with van der Waals surface area (Å²) in [6.45, 7) is 0. The molecular formula is C9H11NO2S. The van der Waals surface area contributed by atoms with E-state index < -0.39 is 0 Å². The Morgan fingerprint density at radius 2 is 2.62 bits per heavy atom. The maximum atomic E-state index is 11.5. The van der Waals surface area contributed by atoms with Gasteiger partial charge in [-0.05, 0) is 18.2 Å². The molecule has 0 aliphatic carbocycles. The molecule has 2 heterocycles. The zero-order chi connectivity index (χ0) is 9.10. The van der Waals surface area contributed by atoms with Crippen LogP contribution in [0.5, 0.6) is 0 Å². The van der Waals surface area contributed by atoms with E-state index in [0.717, 1.165) is 17.9 Å². The molecule has 13 heavy (non-hydrogen) atoms. The van der Waals surface area contributed by atoms with Crippen molar-refractivity contribution in [2.75, 3.05) is 11.5 Å². The molecule has 1 saturated heterocycles. The summed E-state index contributed by atoms with van der Waals surface area (Å²) >= 11 is 1.88. The van der Waals surface area contributed by atoms with Crippen molar-refractivity contribution in [1.82, 2.24) is 5.32 Å². The fraction of sp³-hybridized carbons (Fsp3) is 0.444. The molecule has 1 aromatic rings. The van der Waals surface area contributed by atoms with E-state index in [2.05, 4.69) is 5.32 Å². The molecule has 1 aromatic heterocycles. The topological polar surface area (TPSA) is 42.2 Å². The lowest BCUT2D eigenvalue weighted by molar-refractivity contribution is 0.0940. The summed E-state index contributed by atoms with van der Waals surface area (Å²) in [6.07, 6.45) is 4.06. The molecule has 4 heteroatoms. The average molecular weight is 197 g/mol. The predicted octanol–water partition coefficient (Wildman–Crippen LogP) is 1.51. The Hall–Kier alpha value is -0.900. The van der Waals surface area contributed by atoms with Gasteiger partial charge in [0, 0.05) is 11.8 Å². The first-order valence-electron chi connectivity index (χ1n) is 4.27. The van der Waals surface area contributed by atoms with Crippen molar-refractivity contribution < 1.29 is 9.21 Å². The fourth-order valence-electron chi connectivity index (χ4n) is 1.31. The van der Waals surface area contributed by atoms with Crippen LogP contribution in [0, 0.1) is 0 Å². The summed E-state index contributed by atoms with van der Waals surface area (Å²) in [5, 5.41) is 2.96.